The number of carbonyl (C=O) groups excluding carboxylic acids is 2. The number of alkyl halides is 9. The van der Waals surface area contributed by atoms with Crippen LogP contribution in [-0.4, -0.2) is 49.3 Å². The van der Waals surface area contributed by atoms with Crippen LogP contribution in [0.15, 0.2) is 109 Å². The summed E-state index contributed by atoms with van der Waals surface area (Å²) in [5.41, 5.74) is -10.6. The van der Waals surface area contributed by atoms with Gasteiger partial charge >= 0.3 is 30.5 Å². The van der Waals surface area contributed by atoms with E-state index in [1.54, 1.807) is 20.8 Å². The molecular weight excluding hydrogens is 848 g/mol. The molecule has 1 N–H and O–H groups in total. The minimum Gasteiger partial charge on any atom is -0.482 e. The van der Waals surface area contributed by atoms with E-state index in [0.29, 0.717) is 0 Å². The van der Waals surface area contributed by atoms with Gasteiger partial charge in [-0.1, -0.05) is 36.4 Å². The highest BCUT2D eigenvalue weighted by Crippen LogP contribution is 2.78. The Hall–Kier alpha value is -4.95. The summed E-state index contributed by atoms with van der Waals surface area (Å²) in [4.78, 5) is 19.1. The number of halogens is 9. The van der Waals surface area contributed by atoms with Crippen molar-refractivity contribution in [2.45, 2.75) is 95.8 Å². The fraction of sp³-hybridized carbons (Fsp3) is 0.333. The van der Waals surface area contributed by atoms with Crippen LogP contribution in [0.1, 0.15) is 58.2 Å². The van der Waals surface area contributed by atoms with Crippen molar-refractivity contribution < 1.29 is 81.0 Å². The van der Waals surface area contributed by atoms with Crippen LogP contribution in [-0.2, 0) is 47.7 Å². The number of hydrogen-bond acceptors (Lipinski definition) is 8. The zero-order valence-electron chi connectivity index (χ0n) is 31.9. The van der Waals surface area contributed by atoms with Crippen LogP contribution in [0, 0.1) is 0 Å². The second-order valence-electron chi connectivity index (χ2n) is 14.6. The summed E-state index contributed by atoms with van der Waals surface area (Å²) in [5, 5.41) is 0. The fourth-order valence-corrected chi connectivity index (χ4v) is 11.2. The number of esters is 2. The molecule has 4 aromatic rings. The van der Waals surface area contributed by atoms with Crippen molar-refractivity contribution >= 4 is 32.1 Å². The Morgan fingerprint density at radius 1 is 0.576 bits per heavy atom. The molecule has 0 aliphatic carbocycles. The topological polar surface area (TPSA) is 125 Å². The minimum atomic E-state index is -6.66. The average molecular weight is 885 g/mol. The van der Waals surface area contributed by atoms with Crippen LogP contribution in [0.4, 0.5) is 39.5 Å². The van der Waals surface area contributed by atoms with Crippen molar-refractivity contribution in [1.29, 1.82) is 0 Å². The fourth-order valence-electron chi connectivity index (χ4n) is 5.86. The molecule has 0 saturated carbocycles. The Morgan fingerprint density at radius 3 is 1.39 bits per heavy atom. The van der Waals surface area contributed by atoms with Crippen molar-refractivity contribution in [3.8, 4) is 11.5 Å². The first-order valence-corrected chi connectivity index (χ1v) is 20.1. The predicted molar refractivity (Wildman–Crippen MR) is 194 cm³/mol. The Balaban J connectivity index is 2.35. The zero-order chi connectivity index (χ0) is 44.6. The summed E-state index contributed by atoms with van der Waals surface area (Å²) < 4.78 is 195. The SMILES string of the molecule is CC(C)(C)OC(=O)COc1ccc(S(c2ccccc2)(c2ccccc2)c2c(C(F)(F)F)cc(C(F)(F)F)c(S(=O)(=O)O)c2C(F)(F)F)c(OCC(=O)OC(C)(C)C)c1. The van der Waals surface area contributed by atoms with Gasteiger partial charge in [-0.15, -0.1) is 10.0 Å². The number of benzene rings is 4. The van der Waals surface area contributed by atoms with Crippen LogP contribution < -0.4 is 9.47 Å². The molecule has 0 aliphatic heterocycles. The third-order valence-corrected chi connectivity index (χ3v) is 12.6. The van der Waals surface area contributed by atoms with Crippen molar-refractivity contribution in [3.05, 3.63) is 102 Å². The van der Waals surface area contributed by atoms with Gasteiger partial charge in [-0.2, -0.15) is 47.9 Å². The van der Waals surface area contributed by atoms with Gasteiger partial charge in [-0.25, -0.2) is 9.59 Å². The molecular formula is C39H37F9O9S2. The number of ether oxygens (including phenoxy) is 4. The van der Waals surface area contributed by atoms with Crippen molar-refractivity contribution in [2.75, 3.05) is 13.2 Å². The van der Waals surface area contributed by atoms with E-state index in [2.05, 4.69) is 0 Å². The molecule has 4 rings (SSSR count). The van der Waals surface area contributed by atoms with E-state index in [9.17, 15) is 35.7 Å². The Labute approximate surface area is 334 Å². The summed E-state index contributed by atoms with van der Waals surface area (Å²) in [5.74, 6) is -3.00. The molecule has 20 heteroatoms. The summed E-state index contributed by atoms with van der Waals surface area (Å²) >= 11 is 0. The predicted octanol–water partition coefficient (Wildman–Crippen LogP) is 10.8. The van der Waals surface area contributed by atoms with Gasteiger partial charge in [-0.05, 0) is 84.0 Å². The standard InChI is InChI=1S/C39H37F9O9S2/c1-35(2,3)56-30(49)21-54-23-17-18-29(28(19-23)55-22-31(50)57-36(4,5)6)58(24-13-9-7-10-14-24,25-15-11-8-12-16-25)33-26(37(40,41)42)20-27(38(43,44)45)34(59(51,52)53)32(33)39(46,47)48/h7-20H,21-22H2,1-6H3,(H,51,52,53). The molecule has 0 unspecified atom stereocenters. The van der Waals surface area contributed by atoms with Gasteiger partial charge in [0.25, 0.3) is 10.1 Å². The Bertz CT molecular complexity index is 2240. The summed E-state index contributed by atoms with van der Waals surface area (Å²) in [6, 6.07) is 13.8. The normalized spacial score (nSPS) is 13.4. The Kier molecular flexibility index (Phi) is 13.1. The van der Waals surface area contributed by atoms with Gasteiger partial charge in [0.1, 0.15) is 27.6 Å². The van der Waals surface area contributed by atoms with E-state index < -0.39 is 128 Å². The first-order valence-electron chi connectivity index (χ1n) is 17.0. The maximum atomic E-state index is 15.7. The molecule has 0 atom stereocenters. The molecule has 9 nitrogen and oxygen atoms in total. The van der Waals surface area contributed by atoms with Crippen LogP contribution in [0.25, 0.3) is 0 Å². The van der Waals surface area contributed by atoms with E-state index >= 15 is 26.3 Å². The third-order valence-electron chi connectivity index (χ3n) is 7.67. The molecule has 0 amide bonds. The number of hydrogen-bond donors (Lipinski definition) is 1. The van der Waals surface area contributed by atoms with Crippen molar-refractivity contribution in [3.63, 3.8) is 0 Å². The van der Waals surface area contributed by atoms with E-state index in [1.165, 1.54) is 57.2 Å². The number of carbonyl (C=O) groups is 2. The summed E-state index contributed by atoms with van der Waals surface area (Å²) in [6.45, 7) is 7.26. The van der Waals surface area contributed by atoms with Crippen LogP contribution in [0.3, 0.4) is 0 Å². The lowest BCUT2D eigenvalue weighted by Gasteiger charge is -2.45. The molecule has 0 heterocycles. The van der Waals surface area contributed by atoms with E-state index in [4.69, 9.17) is 18.9 Å². The second-order valence-corrected chi connectivity index (χ2v) is 18.9. The van der Waals surface area contributed by atoms with Crippen LogP contribution in [0.2, 0.25) is 0 Å². The average Bonchev–Trinajstić information content (AvgIpc) is 3.08. The lowest BCUT2D eigenvalue weighted by Crippen LogP contribution is -2.28. The minimum absolute atomic E-state index is 0.314. The molecule has 322 valence electrons. The molecule has 4 aromatic carbocycles. The molecule has 0 spiro atoms. The largest absolute Gasteiger partial charge is 0.482 e. The smallest absolute Gasteiger partial charge is 0.418 e. The molecule has 0 bridgehead atoms. The first-order chi connectivity index (χ1) is 26.9. The zero-order valence-corrected chi connectivity index (χ0v) is 33.6. The molecule has 0 radical (unpaired) electrons. The van der Waals surface area contributed by atoms with Gasteiger partial charge < -0.3 is 18.9 Å². The summed E-state index contributed by atoms with van der Waals surface area (Å²) in [6.07, 6.45) is -18.6. The molecule has 0 fully saturated rings. The van der Waals surface area contributed by atoms with Crippen LogP contribution >= 0.6 is 10.0 Å². The lowest BCUT2D eigenvalue weighted by atomic mass is 10.0. The number of rotatable bonds is 11. The van der Waals surface area contributed by atoms with Crippen molar-refractivity contribution in [2.24, 2.45) is 0 Å². The summed E-state index contributed by atoms with van der Waals surface area (Å²) in [7, 11) is -11.3. The lowest BCUT2D eigenvalue weighted by molar-refractivity contribution is -0.158. The molecule has 0 aromatic heterocycles. The van der Waals surface area contributed by atoms with Crippen molar-refractivity contribution in [1.82, 2.24) is 0 Å². The quantitative estimate of drug-likeness (QED) is 0.0890. The maximum absolute atomic E-state index is 15.7. The van der Waals surface area contributed by atoms with E-state index in [0.717, 1.165) is 42.5 Å². The molecule has 59 heavy (non-hydrogen) atoms. The van der Waals surface area contributed by atoms with Gasteiger partial charge in [0, 0.05) is 25.6 Å². The first kappa shape index (κ1) is 46.7. The highest BCUT2D eigenvalue weighted by molar-refractivity contribution is 8.34. The van der Waals surface area contributed by atoms with Gasteiger partial charge in [0.2, 0.25) is 0 Å². The van der Waals surface area contributed by atoms with Crippen LogP contribution in [0.5, 0.6) is 11.5 Å². The molecule has 0 aliphatic rings. The Morgan fingerprint density at radius 2 is 1.00 bits per heavy atom. The second kappa shape index (κ2) is 16.6. The van der Waals surface area contributed by atoms with Gasteiger partial charge in [0.05, 0.1) is 16.7 Å². The van der Waals surface area contributed by atoms with E-state index in [1.807, 2.05) is 0 Å². The van der Waals surface area contributed by atoms with Gasteiger partial charge in [0.15, 0.2) is 13.2 Å². The highest BCUT2D eigenvalue weighted by atomic mass is 32.3. The van der Waals surface area contributed by atoms with E-state index in [-0.39, 0.29) is 5.75 Å². The molecule has 0 saturated heterocycles. The van der Waals surface area contributed by atoms with Gasteiger partial charge in [-0.3, -0.25) is 4.55 Å². The maximum Gasteiger partial charge on any atom is 0.418 e. The third kappa shape index (κ3) is 11.0. The highest BCUT2D eigenvalue weighted by Gasteiger charge is 2.55. The monoisotopic (exact) mass is 884 g/mol.